The van der Waals surface area contributed by atoms with E-state index in [2.05, 4.69) is 6.07 Å². The Labute approximate surface area is 185 Å². The highest BCUT2D eigenvalue weighted by Crippen LogP contribution is 2.45. The number of nitrogens with two attached hydrogens (primary N) is 1. The number of ether oxygens (including phenoxy) is 3. The fraction of sp³-hybridized carbons (Fsp3) is 0.280. The van der Waals surface area contributed by atoms with Crippen LogP contribution in [0.5, 0.6) is 11.5 Å². The second kappa shape index (κ2) is 9.15. The predicted octanol–water partition coefficient (Wildman–Crippen LogP) is 4.62. The molecule has 32 heavy (non-hydrogen) atoms. The van der Waals surface area contributed by atoms with E-state index >= 15 is 0 Å². The molecule has 1 heterocycles. The number of benzene rings is 2. The Morgan fingerprint density at radius 2 is 2.00 bits per heavy atom. The van der Waals surface area contributed by atoms with Gasteiger partial charge in [0.1, 0.15) is 29.8 Å². The molecule has 0 amide bonds. The highest BCUT2D eigenvalue weighted by molar-refractivity contribution is 5.99. The van der Waals surface area contributed by atoms with Crippen LogP contribution in [0, 0.1) is 17.1 Å². The summed E-state index contributed by atoms with van der Waals surface area (Å²) in [5.74, 6) is 0.397. The molecule has 0 bridgehead atoms. The van der Waals surface area contributed by atoms with Crippen LogP contribution in [0.2, 0.25) is 0 Å². The van der Waals surface area contributed by atoms with E-state index in [9.17, 15) is 14.4 Å². The second-order valence-corrected chi connectivity index (χ2v) is 7.56. The van der Waals surface area contributed by atoms with Gasteiger partial charge in [-0.25, -0.2) is 4.39 Å². The summed E-state index contributed by atoms with van der Waals surface area (Å²) in [7, 11) is 0. The molecule has 6 nitrogen and oxygen atoms in total. The van der Waals surface area contributed by atoms with Crippen LogP contribution >= 0.6 is 0 Å². The third kappa shape index (κ3) is 4.04. The van der Waals surface area contributed by atoms with Gasteiger partial charge in [0.25, 0.3) is 0 Å². The Morgan fingerprint density at radius 3 is 2.75 bits per heavy atom. The maximum absolute atomic E-state index is 14.0. The molecule has 1 aliphatic heterocycles. The lowest BCUT2D eigenvalue weighted by Crippen LogP contribution is -2.27. The number of hydrogen-bond acceptors (Lipinski definition) is 6. The van der Waals surface area contributed by atoms with Crippen molar-refractivity contribution in [2.75, 3.05) is 6.61 Å². The zero-order valence-corrected chi connectivity index (χ0v) is 17.7. The molecule has 0 aromatic heterocycles. The summed E-state index contributed by atoms with van der Waals surface area (Å²) in [5, 5.41) is 9.74. The fourth-order valence-corrected chi connectivity index (χ4v) is 4.05. The van der Waals surface area contributed by atoms with Gasteiger partial charge in [0.05, 0.1) is 12.5 Å². The van der Waals surface area contributed by atoms with Crippen molar-refractivity contribution in [2.45, 2.75) is 38.7 Å². The average molecular weight is 434 g/mol. The maximum atomic E-state index is 14.0. The van der Waals surface area contributed by atoms with E-state index in [-0.39, 0.29) is 29.7 Å². The number of halogens is 1. The molecule has 0 saturated heterocycles. The van der Waals surface area contributed by atoms with Gasteiger partial charge in [0, 0.05) is 24.0 Å². The van der Waals surface area contributed by atoms with Crippen molar-refractivity contribution in [1.29, 1.82) is 5.26 Å². The van der Waals surface area contributed by atoms with E-state index < -0.39 is 5.92 Å². The second-order valence-electron chi connectivity index (χ2n) is 7.56. The van der Waals surface area contributed by atoms with E-state index in [4.69, 9.17) is 19.9 Å². The van der Waals surface area contributed by atoms with Crippen LogP contribution in [0.4, 0.5) is 4.39 Å². The lowest BCUT2D eigenvalue weighted by atomic mass is 9.77. The normalized spacial score (nSPS) is 18.0. The van der Waals surface area contributed by atoms with E-state index in [0.29, 0.717) is 59.8 Å². The van der Waals surface area contributed by atoms with Gasteiger partial charge in [0.15, 0.2) is 17.3 Å². The summed E-state index contributed by atoms with van der Waals surface area (Å²) < 4.78 is 31.2. The molecule has 1 aliphatic carbocycles. The van der Waals surface area contributed by atoms with Crippen molar-refractivity contribution >= 4 is 5.78 Å². The SMILES string of the molecule is CCOc1cc(C2C(C#N)=C(N)OC3=C2C(=O)CCC3)ccc1OCc1ccccc1F. The van der Waals surface area contributed by atoms with Crippen molar-refractivity contribution in [3.63, 3.8) is 0 Å². The number of nitrogens with zero attached hydrogens (tertiary/aromatic N) is 1. The highest BCUT2D eigenvalue weighted by Gasteiger charge is 2.38. The third-order valence-corrected chi connectivity index (χ3v) is 5.55. The first kappa shape index (κ1) is 21.4. The van der Waals surface area contributed by atoms with Gasteiger partial charge in [-0.3, -0.25) is 4.79 Å². The van der Waals surface area contributed by atoms with Crippen LogP contribution in [0.1, 0.15) is 43.2 Å². The van der Waals surface area contributed by atoms with Crippen molar-refractivity contribution in [2.24, 2.45) is 5.73 Å². The summed E-state index contributed by atoms with van der Waals surface area (Å²) in [4.78, 5) is 12.7. The summed E-state index contributed by atoms with van der Waals surface area (Å²) in [6.45, 7) is 2.25. The van der Waals surface area contributed by atoms with Crippen molar-refractivity contribution < 1.29 is 23.4 Å². The van der Waals surface area contributed by atoms with Crippen LogP contribution < -0.4 is 15.2 Å². The number of carbonyl (C=O) groups excluding carboxylic acids is 1. The number of nitriles is 1. The Kier molecular flexibility index (Phi) is 6.13. The Morgan fingerprint density at radius 1 is 1.19 bits per heavy atom. The third-order valence-electron chi connectivity index (χ3n) is 5.55. The Hall–Kier alpha value is -3.79. The van der Waals surface area contributed by atoms with Gasteiger partial charge in [0.2, 0.25) is 5.88 Å². The predicted molar refractivity (Wildman–Crippen MR) is 115 cm³/mol. The average Bonchev–Trinajstić information content (AvgIpc) is 2.78. The van der Waals surface area contributed by atoms with Crippen molar-refractivity contribution in [3.8, 4) is 17.6 Å². The Bertz CT molecular complexity index is 1160. The number of allylic oxidation sites excluding steroid dienone is 3. The van der Waals surface area contributed by atoms with Crippen molar-refractivity contribution in [1.82, 2.24) is 0 Å². The first-order valence-electron chi connectivity index (χ1n) is 10.5. The zero-order chi connectivity index (χ0) is 22.7. The molecule has 2 aromatic rings. The van der Waals surface area contributed by atoms with Gasteiger partial charge < -0.3 is 19.9 Å². The fourth-order valence-electron chi connectivity index (χ4n) is 4.05. The van der Waals surface area contributed by atoms with Gasteiger partial charge in [-0.1, -0.05) is 24.3 Å². The zero-order valence-electron chi connectivity index (χ0n) is 17.7. The number of hydrogen-bond donors (Lipinski definition) is 1. The van der Waals surface area contributed by atoms with E-state index in [0.717, 1.165) is 0 Å². The lowest BCUT2D eigenvalue weighted by molar-refractivity contribution is -0.116. The molecule has 2 aliphatic rings. The molecule has 0 radical (unpaired) electrons. The first-order valence-corrected chi connectivity index (χ1v) is 10.5. The molecule has 0 fully saturated rings. The van der Waals surface area contributed by atoms with Crippen LogP contribution in [-0.2, 0) is 16.1 Å². The first-order chi connectivity index (χ1) is 15.5. The van der Waals surface area contributed by atoms with Crippen molar-refractivity contribution in [3.05, 3.63) is 82.2 Å². The summed E-state index contributed by atoms with van der Waals surface area (Å²) in [5.41, 5.74) is 7.80. The monoisotopic (exact) mass is 434 g/mol. The minimum Gasteiger partial charge on any atom is -0.490 e. The molecule has 1 atom stereocenters. The van der Waals surface area contributed by atoms with Gasteiger partial charge in [-0.2, -0.15) is 5.26 Å². The van der Waals surface area contributed by atoms with Crippen LogP contribution in [0.15, 0.2) is 65.3 Å². The molecule has 1 unspecified atom stereocenters. The van der Waals surface area contributed by atoms with E-state index in [1.807, 2.05) is 6.92 Å². The maximum Gasteiger partial charge on any atom is 0.205 e. The molecule has 0 spiro atoms. The largest absolute Gasteiger partial charge is 0.490 e. The standard InChI is InChI=1S/C25H23FN2O4/c1-2-30-22-12-15(10-11-20(22)31-14-16-6-3-4-7-18(16)26)23-17(13-27)25(28)32-21-9-5-8-19(29)24(21)23/h3-4,6-7,10-12,23H,2,5,8-9,14,28H2,1H3. The van der Waals surface area contributed by atoms with E-state index in [1.165, 1.54) is 6.07 Å². The number of ketones is 1. The Balaban J connectivity index is 1.71. The van der Waals surface area contributed by atoms with Gasteiger partial charge >= 0.3 is 0 Å². The number of rotatable bonds is 6. The molecular weight excluding hydrogens is 411 g/mol. The van der Waals surface area contributed by atoms with Crippen LogP contribution in [0.25, 0.3) is 0 Å². The quantitative estimate of drug-likeness (QED) is 0.713. The number of Topliss-reactive ketones (excluding diaryl/α,β-unsaturated/α-hetero) is 1. The summed E-state index contributed by atoms with van der Waals surface area (Å²) >= 11 is 0. The molecule has 164 valence electrons. The lowest BCUT2D eigenvalue weighted by Gasteiger charge is -2.31. The summed E-state index contributed by atoms with van der Waals surface area (Å²) in [6, 6.07) is 13.7. The molecule has 4 rings (SSSR count). The van der Waals surface area contributed by atoms with Gasteiger partial charge in [-0.15, -0.1) is 0 Å². The number of carbonyl (C=O) groups is 1. The smallest absolute Gasteiger partial charge is 0.205 e. The molecule has 0 saturated carbocycles. The molecule has 2 N–H and O–H groups in total. The molecule has 2 aromatic carbocycles. The van der Waals surface area contributed by atoms with Gasteiger partial charge in [-0.05, 0) is 37.1 Å². The minimum absolute atomic E-state index is 0.0174. The highest BCUT2D eigenvalue weighted by atomic mass is 19.1. The molecular formula is C25H23FN2O4. The molecule has 7 heteroatoms. The topological polar surface area (TPSA) is 94.6 Å². The van der Waals surface area contributed by atoms with Crippen LogP contribution in [0.3, 0.4) is 0 Å². The van der Waals surface area contributed by atoms with E-state index in [1.54, 1.807) is 36.4 Å². The minimum atomic E-state index is -0.628. The van der Waals surface area contributed by atoms with Crippen LogP contribution in [-0.4, -0.2) is 12.4 Å². The summed E-state index contributed by atoms with van der Waals surface area (Å²) in [6.07, 6.45) is 1.69.